The molecule has 0 amide bonds. The fourth-order valence-electron chi connectivity index (χ4n) is 2.57. The first-order chi connectivity index (χ1) is 11.8. The molecule has 0 saturated heterocycles. The summed E-state index contributed by atoms with van der Waals surface area (Å²) in [6.45, 7) is 3.35. The van der Waals surface area contributed by atoms with Crippen molar-refractivity contribution in [1.82, 2.24) is 14.6 Å². The number of carbonyl (C=O) groups excluding carboxylic acids is 1. The zero-order chi connectivity index (χ0) is 18.3. The van der Waals surface area contributed by atoms with Crippen LogP contribution in [-0.2, 0) is 4.74 Å². The van der Waals surface area contributed by atoms with Crippen LogP contribution in [0.2, 0.25) is 10.0 Å². The molecule has 1 aromatic carbocycles. The van der Waals surface area contributed by atoms with Gasteiger partial charge >= 0.3 is 5.97 Å². The van der Waals surface area contributed by atoms with Crippen molar-refractivity contribution >= 4 is 34.8 Å². The van der Waals surface area contributed by atoms with Crippen molar-refractivity contribution < 1.29 is 14.6 Å². The molecule has 2 heterocycles. The van der Waals surface area contributed by atoms with E-state index in [-0.39, 0.29) is 12.3 Å². The lowest BCUT2D eigenvalue weighted by atomic mass is 10.1. The molecule has 0 spiro atoms. The Labute approximate surface area is 151 Å². The van der Waals surface area contributed by atoms with Gasteiger partial charge in [0, 0.05) is 16.1 Å². The monoisotopic (exact) mass is 381 g/mol. The Bertz CT molecular complexity index is 1060. The lowest BCUT2D eigenvalue weighted by Crippen LogP contribution is -2.25. The number of aromatic hydroxyl groups is 1. The second-order valence-corrected chi connectivity index (χ2v) is 6.06. The average Bonchev–Trinajstić information content (AvgIpc) is 2.84. The van der Waals surface area contributed by atoms with E-state index in [1.54, 1.807) is 32.0 Å². The van der Waals surface area contributed by atoms with E-state index in [2.05, 4.69) is 10.1 Å². The van der Waals surface area contributed by atoms with Crippen molar-refractivity contribution in [3.05, 3.63) is 49.9 Å². The molecule has 2 N–H and O–H groups in total. The van der Waals surface area contributed by atoms with Gasteiger partial charge in [-0.2, -0.15) is 9.61 Å². The normalized spacial score (nSPS) is 11.0. The first-order valence-electron chi connectivity index (χ1n) is 7.32. The van der Waals surface area contributed by atoms with E-state index in [9.17, 15) is 14.7 Å². The third-order valence-corrected chi connectivity index (χ3v) is 4.17. The van der Waals surface area contributed by atoms with Gasteiger partial charge in [0.15, 0.2) is 5.56 Å². The van der Waals surface area contributed by atoms with Crippen LogP contribution in [-0.4, -0.2) is 32.3 Å². The highest BCUT2D eigenvalue weighted by molar-refractivity contribution is 6.36. The quantitative estimate of drug-likeness (QED) is 0.679. The number of aromatic amines is 1. The molecular weight excluding hydrogens is 369 g/mol. The smallest absolute Gasteiger partial charge is 0.349 e. The fraction of sp³-hybridized carbons (Fsp3) is 0.188. The molecule has 0 saturated carbocycles. The summed E-state index contributed by atoms with van der Waals surface area (Å²) in [5, 5.41) is 15.1. The van der Waals surface area contributed by atoms with Crippen LogP contribution in [0.5, 0.6) is 5.88 Å². The van der Waals surface area contributed by atoms with Gasteiger partial charge in [-0.15, -0.1) is 0 Å². The molecular formula is C16H13Cl2N3O4. The number of halogens is 2. The van der Waals surface area contributed by atoms with Gasteiger partial charge in [0.1, 0.15) is 5.65 Å². The molecule has 0 atom stereocenters. The molecule has 0 aliphatic carbocycles. The highest BCUT2D eigenvalue weighted by atomic mass is 35.5. The maximum atomic E-state index is 12.6. The van der Waals surface area contributed by atoms with Crippen LogP contribution < -0.4 is 5.56 Å². The zero-order valence-corrected chi connectivity index (χ0v) is 14.8. The minimum absolute atomic E-state index is 0.0690. The van der Waals surface area contributed by atoms with E-state index in [0.29, 0.717) is 26.9 Å². The number of H-pyrrole nitrogens is 1. The molecule has 0 fully saturated rings. The first-order valence-corrected chi connectivity index (χ1v) is 8.07. The van der Waals surface area contributed by atoms with Crippen molar-refractivity contribution in [2.75, 3.05) is 6.61 Å². The van der Waals surface area contributed by atoms with Gasteiger partial charge < -0.3 is 14.8 Å². The SMILES string of the molecule is CCOC(=O)c1c(O)[nH]c2c(-c3ccc(Cl)cc3Cl)c(C)nn2c1=O. The topological polar surface area (TPSA) is 96.7 Å². The van der Waals surface area contributed by atoms with Gasteiger partial charge in [0.05, 0.1) is 17.3 Å². The van der Waals surface area contributed by atoms with Gasteiger partial charge in [0.2, 0.25) is 5.88 Å². The Kier molecular flexibility index (Phi) is 4.45. The minimum atomic E-state index is -0.928. The summed E-state index contributed by atoms with van der Waals surface area (Å²) in [6.07, 6.45) is 0. The standard InChI is InChI=1S/C16H13Cl2N3O4/c1-3-25-16(24)12-14(22)19-13-11(7(2)20-21(13)15(12)23)9-5-4-8(17)6-10(9)18/h4-6,19,22H,3H2,1-2H3. The summed E-state index contributed by atoms with van der Waals surface area (Å²) in [7, 11) is 0. The number of hydrogen-bond donors (Lipinski definition) is 2. The average molecular weight is 382 g/mol. The Morgan fingerprint density at radius 3 is 2.76 bits per heavy atom. The van der Waals surface area contributed by atoms with Gasteiger partial charge in [0.25, 0.3) is 5.56 Å². The number of aryl methyl sites for hydroxylation is 1. The maximum absolute atomic E-state index is 12.6. The van der Waals surface area contributed by atoms with Crippen LogP contribution in [0.1, 0.15) is 23.0 Å². The Morgan fingerprint density at radius 2 is 2.12 bits per heavy atom. The zero-order valence-electron chi connectivity index (χ0n) is 13.3. The van der Waals surface area contributed by atoms with Crippen LogP contribution in [0.15, 0.2) is 23.0 Å². The molecule has 7 nitrogen and oxygen atoms in total. The van der Waals surface area contributed by atoms with Crippen molar-refractivity contribution in [1.29, 1.82) is 0 Å². The van der Waals surface area contributed by atoms with Crippen LogP contribution in [0.3, 0.4) is 0 Å². The van der Waals surface area contributed by atoms with Gasteiger partial charge in [-0.25, -0.2) is 4.79 Å². The molecule has 0 aliphatic heterocycles. The number of hydrogen-bond acceptors (Lipinski definition) is 5. The minimum Gasteiger partial charge on any atom is -0.494 e. The number of nitrogens with one attached hydrogen (secondary N) is 1. The Balaban J connectivity index is 2.32. The predicted molar refractivity (Wildman–Crippen MR) is 93.6 cm³/mol. The second-order valence-electron chi connectivity index (χ2n) is 5.22. The molecule has 3 aromatic rings. The number of esters is 1. The van der Waals surface area contributed by atoms with Crippen LogP contribution >= 0.6 is 23.2 Å². The summed E-state index contributed by atoms with van der Waals surface area (Å²) in [5.74, 6) is -1.52. The van der Waals surface area contributed by atoms with E-state index in [0.717, 1.165) is 4.52 Å². The molecule has 0 radical (unpaired) electrons. The van der Waals surface area contributed by atoms with Crippen molar-refractivity contribution in [3.63, 3.8) is 0 Å². The second kappa shape index (κ2) is 6.42. The number of aromatic nitrogens is 3. The number of benzene rings is 1. The summed E-state index contributed by atoms with van der Waals surface area (Å²) in [6, 6.07) is 4.90. The van der Waals surface area contributed by atoms with Crippen LogP contribution in [0, 0.1) is 6.92 Å². The third kappa shape index (κ3) is 2.85. The number of carbonyl (C=O) groups is 1. The molecule has 130 valence electrons. The molecule has 0 bridgehead atoms. The van der Waals surface area contributed by atoms with E-state index in [1.807, 2.05) is 0 Å². The van der Waals surface area contributed by atoms with Gasteiger partial charge in [-0.1, -0.05) is 29.3 Å². The Morgan fingerprint density at radius 1 is 1.40 bits per heavy atom. The van der Waals surface area contributed by atoms with Crippen LogP contribution in [0.4, 0.5) is 0 Å². The van der Waals surface area contributed by atoms with Gasteiger partial charge in [-0.05, 0) is 26.0 Å². The lowest BCUT2D eigenvalue weighted by Gasteiger charge is -2.07. The van der Waals surface area contributed by atoms with Crippen LogP contribution in [0.25, 0.3) is 16.8 Å². The summed E-state index contributed by atoms with van der Waals surface area (Å²) >= 11 is 12.2. The molecule has 0 aliphatic rings. The number of rotatable bonds is 3. The van der Waals surface area contributed by atoms with E-state index in [1.165, 1.54) is 0 Å². The summed E-state index contributed by atoms with van der Waals surface area (Å²) in [5.41, 5.74) is 0.493. The summed E-state index contributed by atoms with van der Waals surface area (Å²) in [4.78, 5) is 27.1. The number of fused-ring (bicyclic) bond motifs is 1. The Hall–Kier alpha value is -2.51. The molecule has 9 heteroatoms. The highest BCUT2D eigenvalue weighted by Gasteiger charge is 2.24. The van der Waals surface area contributed by atoms with E-state index < -0.39 is 23.0 Å². The predicted octanol–water partition coefficient (Wildman–Crippen LogP) is 3.19. The van der Waals surface area contributed by atoms with Crippen molar-refractivity contribution in [3.8, 4) is 17.0 Å². The molecule has 0 unspecified atom stereocenters. The highest BCUT2D eigenvalue weighted by Crippen LogP contribution is 2.34. The third-order valence-electron chi connectivity index (χ3n) is 3.62. The lowest BCUT2D eigenvalue weighted by molar-refractivity contribution is 0.0519. The largest absolute Gasteiger partial charge is 0.494 e. The summed E-state index contributed by atoms with van der Waals surface area (Å²) < 4.78 is 5.80. The first kappa shape index (κ1) is 17.3. The fourth-order valence-corrected chi connectivity index (χ4v) is 3.08. The van der Waals surface area contributed by atoms with Gasteiger partial charge in [-0.3, -0.25) is 4.79 Å². The molecule has 3 rings (SSSR count). The van der Waals surface area contributed by atoms with Crippen molar-refractivity contribution in [2.45, 2.75) is 13.8 Å². The number of nitrogens with zero attached hydrogens (tertiary/aromatic N) is 2. The molecule has 2 aromatic heterocycles. The molecule has 25 heavy (non-hydrogen) atoms. The van der Waals surface area contributed by atoms with Crippen molar-refractivity contribution in [2.24, 2.45) is 0 Å². The maximum Gasteiger partial charge on any atom is 0.349 e. The van der Waals surface area contributed by atoms with E-state index >= 15 is 0 Å². The number of ether oxygens (including phenoxy) is 1. The van der Waals surface area contributed by atoms with E-state index in [4.69, 9.17) is 27.9 Å².